The molecule has 1 atom stereocenters. The van der Waals surface area contributed by atoms with E-state index >= 15 is 0 Å². The summed E-state index contributed by atoms with van der Waals surface area (Å²) >= 11 is 0. The van der Waals surface area contributed by atoms with Crippen LogP contribution in [0.2, 0.25) is 0 Å². The summed E-state index contributed by atoms with van der Waals surface area (Å²) in [5.41, 5.74) is 8.59. The molecule has 1 aliphatic carbocycles. The van der Waals surface area contributed by atoms with Gasteiger partial charge in [-0.1, -0.05) is 19.4 Å². The Hall–Kier alpha value is -1.22. The van der Waals surface area contributed by atoms with Crippen LogP contribution in [0.3, 0.4) is 0 Å². The van der Waals surface area contributed by atoms with Crippen LogP contribution in [0.15, 0.2) is 18.2 Å². The van der Waals surface area contributed by atoms with Gasteiger partial charge in [0.15, 0.2) is 0 Å². The zero-order valence-corrected chi connectivity index (χ0v) is 12.4. The molecule has 0 amide bonds. The van der Waals surface area contributed by atoms with Crippen molar-refractivity contribution in [1.82, 2.24) is 0 Å². The molecule has 0 saturated heterocycles. The summed E-state index contributed by atoms with van der Waals surface area (Å²) in [7, 11) is 1.72. The highest BCUT2D eigenvalue weighted by Gasteiger charge is 2.31. The van der Waals surface area contributed by atoms with Gasteiger partial charge in [-0.15, -0.1) is 0 Å². The molecule has 0 unspecified atom stereocenters. The van der Waals surface area contributed by atoms with Gasteiger partial charge in [-0.2, -0.15) is 0 Å². The largest absolute Gasteiger partial charge is 0.496 e. The maximum atomic E-state index is 6.17. The lowest BCUT2D eigenvalue weighted by molar-refractivity contribution is 0.407. The van der Waals surface area contributed by atoms with Gasteiger partial charge in [0.05, 0.1) is 7.11 Å². The van der Waals surface area contributed by atoms with E-state index in [-0.39, 0.29) is 6.04 Å². The van der Waals surface area contributed by atoms with E-state index in [1.54, 1.807) is 7.11 Å². The van der Waals surface area contributed by atoms with Crippen molar-refractivity contribution in [2.75, 3.05) is 18.6 Å². The van der Waals surface area contributed by atoms with Gasteiger partial charge in [0, 0.05) is 29.9 Å². The first-order chi connectivity index (χ1) is 9.19. The van der Waals surface area contributed by atoms with Crippen molar-refractivity contribution < 1.29 is 4.74 Å². The molecule has 0 aliphatic heterocycles. The highest BCUT2D eigenvalue weighted by Crippen LogP contribution is 2.39. The minimum absolute atomic E-state index is 0.00553. The molecule has 1 aromatic rings. The molecule has 0 heterocycles. The van der Waals surface area contributed by atoms with E-state index in [0.29, 0.717) is 6.04 Å². The molecule has 1 fully saturated rings. The molecule has 19 heavy (non-hydrogen) atoms. The quantitative estimate of drug-likeness (QED) is 0.817. The van der Waals surface area contributed by atoms with Crippen molar-refractivity contribution >= 4 is 5.69 Å². The van der Waals surface area contributed by atoms with Crippen molar-refractivity contribution in [1.29, 1.82) is 0 Å². The zero-order chi connectivity index (χ0) is 13.8. The molecular formula is C16H26N2O. The van der Waals surface area contributed by atoms with Gasteiger partial charge in [0.25, 0.3) is 0 Å². The number of nitrogens with two attached hydrogens (primary N) is 1. The molecule has 1 aliphatic rings. The summed E-state index contributed by atoms with van der Waals surface area (Å²) in [6, 6.07) is 6.97. The summed E-state index contributed by atoms with van der Waals surface area (Å²) < 4.78 is 5.50. The van der Waals surface area contributed by atoms with Crippen LogP contribution in [0.5, 0.6) is 5.75 Å². The summed E-state index contributed by atoms with van der Waals surface area (Å²) in [5, 5.41) is 0. The van der Waals surface area contributed by atoms with Crippen molar-refractivity contribution in [2.24, 2.45) is 5.73 Å². The molecule has 0 spiro atoms. The Labute approximate surface area is 116 Å². The van der Waals surface area contributed by atoms with E-state index < -0.39 is 0 Å². The molecule has 3 heteroatoms. The Morgan fingerprint density at radius 1 is 1.42 bits per heavy atom. The highest BCUT2D eigenvalue weighted by molar-refractivity contribution is 5.62. The fourth-order valence-corrected chi connectivity index (χ4v) is 2.63. The molecule has 2 N–H and O–H groups in total. The van der Waals surface area contributed by atoms with Gasteiger partial charge in [0.1, 0.15) is 5.75 Å². The average Bonchev–Trinajstić information content (AvgIpc) is 3.23. The summed E-state index contributed by atoms with van der Waals surface area (Å²) in [5.74, 6) is 0.912. The van der Waals surface area contributed by atoms with Crippen molar-refractivity contribution in [3.63, 3.8) is 0 Å². The monoisotopic (exact) mass is 262 g/mol. The van der Waals surface area contributed by atoms with Crippen LogP contribution in [0, 0.1) is 0 Å². The highest BCUT2D eigenvalue weighted by atomic mass is 16.5. The molecule has 2 rings (SSSR count). The van der Waals surface area contributed by atoms with Crippen LogP contribution < -0.4 is 15.4 Å². The second kappa shape index (κ2) is 6.29. The molecule has 3 nitrogen and oxygen atoms in total. The molecule has 106 valence electrons. The number of benzene rings is 1. The number of anilines is 1. The van der Waals surface area contributed by atoms with Crippen LogP contribution >= 0.6 is 0 Å². The lowest BCUT2D eigenvalue weighted by Gasteiger charge is -2.29. The Morgan fingerprint density at radius 2 is 2.16 bits per heavy atom. The summed E-state index contributed by atoms with van der Waals surface area (Å²) in [6.07, 6.45) is 5.06. The number of ether oxygens (including phenoxy) is 1. The van der Waals surface area contributed by atoms with E-state index in [0.717, 1.165) is 17.9 Å². The number of hydrogen-bond donors (Lipinski definition) is 1. The van der Waals surface area contributed by atoms with E-state index in [9.17, 15) is 0 Å². The van der Waals surface area contributed by atoms with Gasteiger partial charge in [0.2, 0.25) is 0 Å². The van der Waals surface area contributed by atoms with Crippen LogP contribution in [0.4, 0.5) is 5.69 Å². The predicted molar refractivity (Wildman–Crippen MR) is 80.9 cm³/mol. The summed E-state index contributed by atoms with van der Waals surface area (Å²) in [6.45, 7) is 5.39. The van der Waals surface area contributed by atoms with Gasteiger partial charge in [-0.05, 0) is 38.3 Å². The minimum atomic E-state index is -0.00553. The van der Waals surface area contributed by atoms with Gasteiger partial charge >= 0.3 is 0 Å². The minimum Gasteiger partial charge on any atom is -0.496 e. The first-order valence-corrected chi connectivity index (χ1v) is 7.38. The fraction of sp³-hybridized carbons (Fsp3) is 0.625. The van der Waals surface area contributed by atoms with Crippen LogP contribution in [-0.2, 0) is 0 Å². The Bertz CT molecular complexity index is 413. The second-order valence-corrected chi connectivity index (χ2v) is 5.46. The average molecular weight is 262 g/mol. The first-order valence-electron chi connectivity index (χ1n) is 7.38. The van der Waals surface area contributed by atoms with E-state index in [2.05, 4.69) is 24.0 Å². The number of nitrogens with zero attached hydrogens (tertiary/aromatic N) is 1. The standard InChI is InChI=1S/C16H26N2O/c1-4-5-11-18(13-9-10-13)14-7-6-8-15(19-3)16(14)12(2)17/h6-8,12-13H,4-5,9-11,17H2,1-3H3/t12-/m1/s1. The third kappa shape index (κ3) is 3.21. The van der Waals surface area contributed by atoms with Crippen molar-refractivity contribution in [2.45, 2.75) is 51.6 Å². The Balaban J connectivity index is 2.34. The Morgan fingerprint density at radius 3 is 2.68 bits per heavy atom. The van der Waals surface area contributed by atoms with Crippen LogP contribution in [-0.4, -0.2) is 19.7 Å². The lowest BCUT2D eigenvalue weighted by Crippen LogP contribution is -2.29. The maximum Gasteiger partial charge on any atom is 0.125 e. The first kappa shape index (κ1) is 14.2. The topological polar surface area (TPSA) is 38.5 Å². The zero-order valence-electron chi connectivity index (χ0n) is 12.4. The predicted octanol–water partition coefficient (Wildman–Crippen LogP) is 3.48. The van der Waals surface area contributed by atoms with E-state index in [1.165, 1.54) is 31.4 Å². The smallest absolute Gasteiger partial charge is 0.125 e. The van der Waals surface area contributed by atoms with Crippen LogP contribution in [0.25, 0.3) is 0 Å². The van der Waals surface area contributed by atoms with Crippen molar-refractivity contribution in [3.05, 3.63) is 23.8 Å². The third-order valence-electron chi connectivity index (χ3n) is 3.77. The molecule has 0 bridgehead atoms. The molecule has 0 aromatic heterocycles. The van der Waals surface area contributed by atoms with Gasteiger partial charge in [-0.3, -0.25) is 0 Å². The van der Waals surface area contributed by atoms with Crippen LogP contribution in [0.1, 0.15) is 51.1 Å². The van der Waals surface area contributed by atoms with Gasteiger partial charge < -0.3 is 15.4 Å². The summed E-state index contributed by atoms with van der Waals surface area (Å²) in [4.78, 5) is 2.53. The van der Waals surface area contributed by atoms with Gasteiger partial charge in [-0.25, -0.2) is 0 Å². The normalized spacial score (nSPS) is 16.2. The Kier molecular flexibility index (Phi) is 4.70. The third-order valence-corrected chi connectivity index (χ3v) is 3.77. The number of methoxy groups -OCH3 is 1. The molecule has 1 aromatic carbocycles. The van der Waals surface area contributed by atoms with E-state index in [4.69, 9.17) is 10.5 Å². The molecular weight excluding hydrogens is 236 g/mol. The SMILES string of the molecule is CCCCN(c1cccc(OC)c1[C@@H](C)N)C1CC1. The fourth-order valence-electron chi connectivity index (χ4n) is 2.63. The molecule has 0 radical (unpaired) electrons. The maximum absolute atomic E-state index is 6.17. The number of rotatable bonds is 7. The van der Waals surface area contributed by atoms with E-state index in [1.807, 2.05) is 13.0 Å². The molecule has 1 saturated carbocycles. The lowest BCUT2D eigenvalue weighted by atomic mass is 10.0. The second-order valence-electron chi connectivity index (χ2n) is 5.46. The van der Waals surface area contributed by atoms with Crippen molar-refractivity contribution in [3.8, 4) is 5.75 Å². The number of hydrogen-bond acceptors (Lipinski definition) is 3. The number of unbranched alkanes of at least 4 members (excludes halogenated alkanes) is 1.